The van der Waals surface area contributed by atoms with Crippen LogP contribution in [0.5, 0.6) is 0 Å². The Kier molecular flexibility index (Phi) is 5.05. The van der Waals surface area contributed by atoms with E-state index in [-0.39, 0.29) is 12.3 Å². The van der Waals surface area contributed by atoms with Crippen LogP contribution in [-0.2, 0) is 11.4 Å². The zero-order valence-corrected chi connectivity index (χ0v) is 12.6. The van der Waals surface area contributed by atoms with Crippen LogP contribution < -0.4 is 0 Å². The number of halogens is 1. The Morgan fingerprint density at radius 2 is 2.00 bits per heavy atom. The number of nitrogens with zero attached hydrogens (tertiary/aromatic N) is 2. The van der Waals surface area contributed by atoms with E-state index in [1.807, 2.05) is 24.3 Å². The molecule has 5 nitrogen and oxygen atoms in total. The lowest BCUT2D eigenvalue weighted by molar-refractivity contribution is -0.384. The van der Waals surface area contributed by atoms with Gasteiger partial charge in [0.2, 0.25) is 0 Å². The summed E-state index contributed by atoms with van der Waals surface area (Å²) in [5, 5.41) is 14.5. The molecule has 2 aromatic carbocycles. The number of hydrogen-bond acceptors (Lipinski definition) is 4. The van der Waals surface area contributed by atoms with Gasteiger partial charge in [-0.25, -0.2) is 0 Å². The fourth-order valence-corrected chi connectivity index (χ4v) is 1.88. The third-order valence-electron chi connectivity index (χ3n) is 2.50. The van der Waals surface area contributed by atoms with Gasteiger partial charge >= 0.3 is 0 Å². The third-order valence-corrected chi connectivity index (χ3v) is 3.22. The number of non-ortho nitro benzene ring substituents is 1. The lowest BCUT2D eigenvalue weighted by Crippen LogP contribution is -1.92. The van der Waals surface area contributed by atoms with Crippen LogP contribution in [0.1, 0.15) is 11.1 Å². The van der Waals surface area contributed by atoms with Gasteiger partial charge in [-0.3, -0.25) is 10.1 Å². The average Bonchev–Trinajstić information content (AvgIpc) is 2.46. The molecule has 0 saturated carbocycles. The summed E-state index contributed by atoms with van der Waals surface area (Å²) in [7, 11) is 0. The molecule has 20 heavy (non-hydrogen) atoms. The second-order valence-electron chi connectivity index (χ2n) is 3.99. The van der Waals surface area contributed by atoms with E-state index in [4.69, 9.17) is 4.84 Å². The summed E-state index contributed by atoms with van der Waals surface area (Å²) in [6.45, 7) is 0.197. The van der Waals surface area contributed by atoms with Gasteiger partial charge in [0, 0.05) is 15.7 Å². The van der Waals surface area contributed by atoms with Crippen molar-refractivity contribution in [2.75, 3.05) is 0 Å². The van der Waals surface area contributed by atoms with Gasteiger partial charge in [0.15, 0.2) is 0 Å². The first-order chi connectivity index (χ1) is 9.65. The Morgan fingerprint density at radius 1 is 1.25 bits per heavy atom. The van der Waals surface area contributed by atoms with Crippen molar-refractivity contribution in [3.05, 3.63) is 73.3 Å². The predicted molar refractivity (Wildman–Crippen MR) is 84.6 cm³/mol. The highest BCUT2D eigenvalue weighted by atomic mass is 127. The second-order valence-corrected chi connectivity index (χ2v) is 5.23. The molecule has 0 spiro atoms. The number of rotatable bonds is 5. The first-order valence-corrected chi connectivity index (χ1v) is 6.87. The topological polar surface area (TPSA) is 64.7 Å². The Balaban J connectivity index is 1.91. The number of oxime groups is 1. The summed E-state index contributed by atoms with van der Waals surface area (Å²) in [6.07, 6.45) is 1.60. The van der Waals surface area contributed by atoms with E-state index < -0.39 is 4.92 Å². The molecular weight excluding hydrogens is 371 g/mol. The van der Waals surface area contributed by atoms with E-state index >= 15 is 0 Å². The molecule has 0 N–H and O–H groups in total. The Labute approximate surface area is 129 Å². The SMILES string of the molecule is O=[N+]([O-])c1cccc(CO/N=C\c2ccc(I)cc2)c1. The molecule has 0 aliphatic carbocycles. The molecule has 0 aliphatic heterocycles. The molecule has 0 atom stereocenters. The van der Waals surface area contributed by atoms with Gasteiger partial charge in [0.05, 0.1) is 11.1 Å². The van der Waals surface area contributed by atoms with Crippen molar-refractivity contribution in [2.24, 2.45) is 5.16 Å². The average molecular weight is 382 g/mol. The summed E-state index contributed by atoms with van der Waals surface area (Å²) >= 11 is 2.23. The van der Waals surface area contributed by atoms with Crippen LogP contribution >= 0.6 is 22.6 Å². The molecule has 2 aromatic rings. The summed E-state index contributed by atoms with van der Waals surface area (Å²) in [4.78, 5) is 15.3. The standard InChI is InChI=1S/C14H11IN2O3/c15-13-6-4-11(5-7-13)9-16-20-10-12-2-1-3-14(8-12)17(18)19/h1-9H,10H2/b16-9-. The highest BCUT2D eigenvalue weighted by Gasteiger charge is 2.05. The van der Waals surface area contributed by atoms with E-state index in [1.54, 1.807) is 18.3 Å². The molecule has 0 bridgehead atoms. The van der Waals surface area contributed by atoms with E-state index in [9.17, 15) is 10.1 Å². The molecule has 0 unspecified atom stereocenters. The van der Waals surface area contributed by atoms with Gasteiger partial charge in [0.1, 0.15) is 6.61 Å². The maximum absolute atomic E-state index is 10.6. The van der Waals surface area contributed by atoms with E-state index in [0.29, 0.717) is 5.56 Å². The summed E-state index contributed by atoms with van der Waals surface area (Å²) in [5.74, 6) is 0. The maximum atomic E-state index is 10.6. The van der Waals surface area contributed by atoms with Crippen LogP contribution in [0.3, 0.4) is 0 Å². The molecular formula is C14H11IN2O3. The fraction of sp³-hybridized carbons (Fsp3) is 0.0714. The first-order valence-electron chi connectivity index (χ1n) is 5.79. The Morgan fingerprint density at radius 3 is 2.70 bits per heavy atom. The van der Waals surface area contributed by atoms with Gasteiger partial charge in [0.25, 0.3) is 5.69 Å². The normalized spacial score (nSPS) is 10.7. The molecule has 6 heteroatoms. The summed E-state index contributed by atoms with van der Waals surface area (Å²) in [6, 6.07) is 14.1. The molecule has 0 aromatic heterocycles. The van der Waals surface area contributed by atoms with Crippen LogP contribution in [0.25, 0.3) is 0 Å². The second kappa shape index (κ2) is 6.99. The highest BCUT2D eigenvalue weighted by molar-refractivity contribution is 14.1. The lowest BCUT2D eigenvalue weighted by atomic mass is 10.2. The molecule has 0 radical (unpaired) electrons. The minimum atomic E-state index is -0.432. The van der Waals surface area contributed by atoms with Crippen LogP contribution in [0.4, 0.5) is 5.69 Å². The van der Waals surface area contributed by atoms with Crippen molar-refractivity contribution >= 4 is 34.5 Å². The quantitative estimate of drug-likeness (QED) is 0.343. The van der Waals surface area contributed by atoms with Gasteiger partial charge in [-0.05, 0) is 45.9 Å². The third kappa shape index (κ3) is 4.30. The van der Waals surface area contributed by atoms with Crippen molar-refractivity contribution in [3.63, 3.8) is 0 Å². The lowest BCUT2D eigenvalue weighted by Gasteiger charge is -2.00. The predicted octanol–water partition coefficient (Wildman–Crippen LogP) is 3.75. The number of hydrogen-bond donors (Lipinski definition) is 0. The largest absolute Gasteiger partial charge is 0.391 e. The van der Waals surface area contributed by atoms with Gasteiger partial charge in [-0.15, -0.1) is 0 Å². The Hall–Kier alpha value is -1.96. The highest BCUT2D eigenvalue weighted by Crippen LogP contribution is 2.13. The Bertz CT molecular complexity index is 627. The van der Waals surface area contributed by atoms with Crippen LogP contribution in [0.2, 0.25) is 0 Å². The van der Waals surface area contributed by atoms with Crippen molar-refractivity contribution in [3.8, 4) is 0 Å². The first kappa shape index (κ1) is 14.4. The monoisotopic (exact) mass is 382 g/mol. The van der Waals surface area contributed by atoms with Crippen LogP contribution in [0, 0.1) is 13.7 Å². The maximum Gasteiger partial charge on any atom is 0.269 e. The summed E-state index contributed by atoms with van der Waals surface area (Å²) < 4.78 is 1.15. The van der Waals surface area contributed by atoms with Crippen LogP contribution in [0.15, 0.2) is 53.7 Å². The van der Waals surface area contributed by atoms with Crippen molar-refractivity contribution in [1.82, 2.24) is 0 Å². The molecule has 0 aliphatic rings. The minimum Gasteiger partial charge on any atom is -0.391 e. The van der Waals surface area contributed by atoms with Gasteiger partial charge in [-0.2, -0.15) is 0 Å². The molecule has 2 rings (SSSR count). The van der Waals surface area contributed by atoms with Crippen LogP contribution in [-0.4, -0.2) is 11.1 Å². The molecule has 0 amide bonds. The number of nitro benzene ring substituents is 1. The molecule has 0 saturated heterocycles. The van der Waals surface area contributed by atoms with Gasteiger partial charge in [-0.1, -0.05) is 29.4 Å². The number of nitro groups is 1. The van der Waals surface area contributed by atoms with E-state index in [1.165, 1.54) is 12.1 Å². The molecule has 0 fully saturated rings. The molecule has 0 heterocycles. The van der Waals surface area contributed by atoms with Gasteiger partial charge < -0.3 is 4.84 Å². The summed E-state index contributed by atoms with van der Waals surface area (Å²) in [5.41, 5.74) is 1.69. The van der Waals surface area contributed by atoms with E-state index in [2.05, 4.69) is 27.7 Å². The van der Waals surface area contributed by atoms with E-state index in [0.717, 1.165) is 9.13 Å². The zero-order valence-electron chi connectivity index (χ0n) is 10.4. The van der Waals surface area contributed by atoms with Crippen molar-refractivity contribution < 1.29 is 9.76 Å². The van der Waals surface area contributed by atoms with Crippen molar-refractivity contribution in [1.29, 1.82) is 0 Å². The van der Waals surface area contributed by atoms with Crippen molar-refractivity contribution in [2.45, 2.75) is 6.61 Å². The fourth-order valence-electron chi connectivity index (χ4n) is 1.52. The minimum absolute atomic E-state index is 0.0488. The smallest absolute Gasteiger partial charge is 0.269 e. The zero-order chi connectivity index (χ0) is 14.4. The number of benzene rings is 2. The molecule has 102 valence electrons.